The Morgan fingerprint density at radius 3 is 2.19 bits per heavy atom. The predicted octanol–water partition coefficient (Wildman–Crippen LogP) is 8.44. The van der Waals surface area contributed by atoms with Gasteiger partial charge in [-0.2, -0.15) is 12.8 Å². The van der Waals surface area contributed by atoms with Crippen LogP contribution < -0.4 is 0 Å². The molecule has 6 heteroatoms. The van der Waals surface area contributed by atoms with E-state index in [-0.39, 0.29) is 16.7 Å². The van der Waals surface area contributed by atoms with Crippen molar-refractivity contribution < 1.29 is 12.8 Å². The number of benzene rings is 1. The maximum atomic E-state index is 13.5. The summed E-state index contributed by atoms with van der Waals surface area (Å²) in [6, 6.07) is 6.92. The lowest BCUT2D eigenvalue weighted by Crippen LogP contribution is -2.48. The molecule has 0 fully saturated rings. The molecular formula is C31H47NO3SSi. The number of nitrogens with zero attached hydrogens (tertiary/aromatic N) is 1. The van der Waals surface area contributed by atoms with Gasteiger partial charge in [-0.1, -0.05) is 84.9 Å². The van der Waals surface area contributed by atoms with Crippen molar-refractivity contribution in [1.82, 2.24) is 0 Å². The van der Waals surface area contributed by atoms with E-state index < -0.39 is 23.8 Å². The van der Waals surface area contributed by atoms with Crippen molar-refractivity contribution in [3.05, 3.63) is 41.7 Å². The Kier molecular flexibility index (Phi) is 9.23. The second-order valence-corrected chi connectivity index (χ2v) is 19.1. The van der Waals surface area contributed by atoms with Gasteiger partial charge in [0.2, 0.25) is 0 Å². The first-order chi connectivity index (χ1) is 17.3. The van der Waals surface area contributed by atoms with Crippen LogP contribution in [0.3, 0.4) is 0 Å². The Labute approximate surface area is 227 Å². The molecule has 3 atom stereocenters. The number of hydrogen-bond donors (Lipinski definition) is 0. The second-order valence-electron chi connectivity index (χ2n) is 12.1. The fourth-order valence-corrected chi connectivity index (χ4v) is 13.5. The van der Waals surface area contributed by atoms with E-state index in [1.54, 1.807) is 12.1 Å². The largest absolute Gasteiger partial charge is 0.546 e. The van der Waals surface area contributed by atoms with Gasteiger partial charge in [-0.05, 0) is 67.4 Å². The fraction of sp³-hybridized carbons (Fsp3) is 0.645. The minimum atomic E-state index is -3.88. The third-order valence-corrected chi connectivity index (χ3v) is 16.2. The van der Waals surface area contributed by atoms with Gasteiger partial charge in [0.05, 0.1) is 21.8 Å². The first-order valence-electron chi connectivity index (χ1n) is 14.1. The topological polar surface area (TPSA) is 55.7 Å². The van der Waals surface area contributed by atoms with Crippen molar-refractivity contribution in [2.24, 2.45) is 21.6 Å². The molecule has 204 valence electrons. The zero-order chi connectivity index (χ0) is 27.6. The zero-order valence-electron chi connectivity index (χ0n) is 24.2. The average molecular weight is 542 g/mol. The lowest BCUT2D eigenvalue weighted by Gasteiger charge is -2.44. The van der Waals surface area contributed by atoms with Crippen molar-refractivity contribution in [3.63, 3.8) is 0 Å². The molecule has 1 aromatic rings. The maximum Gasteiger partial charge on any atom is 0.282 e. The molecule has 2 bridgehead atoms. The Morgan fingerprint density at radius 2 is 1.68 bits per heavy atom. The molecule has 0 amide bonds. The van der Waals surface area contributed by atoms with Crippen LogP contribution in [0, 0.1) is 36.5 Å². The molecule has 0 heterocycles. The summed E-state index contributed by atoms with van der Waals surface area (Å²) in [5, 5.41) is 0. The Hall–Kier alpha value is -1.84. The maximum absolute atomic E-state index is 13.5. The van der Waals surface area contributed by atoms with Gasteiger partial charge in [0.15, 0.2) is 0 Å². The summed E-state index contributed by atoms with van der Waals surface area (Å²) < 4.78 is 38.9. The predicted molar refractivity (Wildman–Crippen MR) is 158 cm³/mol. The molecule has 0 radical (unpaired) electrons. The van der Waals surface area contributed by atoms with Crippen LogP contribution in [0.15, 0.2) is 45.4 Å². The summed E-state index contributed by atoms with van der Waals surface area (Å²) in [4.78, 5) is 0.220. The normalized spacial score (nSPS) is 25.8. The molecule has 0 spiro atoms. The van der Waals surface area contributed by atoms with E-state index in [0.29, 0.717) is 35.2 Å². The SMILES string of the molecule is C#C[C@@]1(CCC)/C(=N/S(=O)(=O)c2ccc(C)cc2)C[C@H]2CCC[C@@H]1C=C2O[Si](C(C)C)(C(C)C)C(C)C. The number of terminal acetylenes is 1. The Balaban J connectivity index is 2.17. The Bertz CT molecular complexity index is 1140. The van der Waals surface area contributed by atoms with Crippen LogP contribution in [0.4, 0.5) is 0 Å². The van der Waals surface area contributed by atoms with E-state index in [1.807, 2.05) is 19.1 Å². The number of sulfonamides is 1. The highest BCUT2D eigenvalue weighted by molar-refractivity contribution is 7.90. The summed E-state index contributed by atoms with van der Waals surface area (Å²) >= 11 is 0. The van der Waals surface area contributed by atoms with Crippen molar-refractivity contribution >= 4 is 24.1 Å². The first kappa shape index (κ1) is 29.7. The molecule has 0 saturated carbocycles. The molecule has 4 nitrogen and oxygen atoms in total. The van der Waals surface area contributed by atoms with E-state index >= 15 is 0 Å². The number of aryl methyl sites for hydroxylation is 1. The summed E-state index contributed by atoms with van der Waals surface area (Å²) in [5.41, 5.74) is 2.32. The summed E-state index contributed by atoms with van der Waals surface area (Å²) in [5.74, 6) is 4.29. The minimum Gasteiger partial charge on any atom is -0.546 e. The van der Waals surface area contributed by atoms with E-state index in [1.165, 1.54) is 0 Å². The van der Waals surface area contributed by atoms with Gasteiger partial charge in [0, 0.05) is 11.8 Å². The number of fused-ring (bicyclic) bond motifs is 2. The van der Waals surface area contributed by atoms with Crippen LogP contribution in [0.25, 0.3) is 0 Å². The molecule has 2 aliphatic carbocycles. The highest BCUT2D eigenvalue weighted by Crippen LogP contribution is 2.51. The standard InChI is InChI=1S/C31H47NO3SSi/c1-10-19-31(11-2)27-14-12-13-26(29(21-27)35-37(22(3)4,23(5)6)24(7)8)20-30(31)32-36(33,34)28-17-15-25(9)16-18-28/h2,15-18,21-24,26-27H,10,12-14,19-20H2,1,3-9H3/b32-30+/t26-,27-,31+/m1/s1. The van der Waals surface area contributed by atoms with Crippen LogP contribution in [0.2, 0.25) is 16.6 Å². The molecule has 0 aromatic heterocycles. The zero-order valence-corrected chi connectivity index (χ0v) is 26.0. The third-order valence-electron chi connectivity index (χ3n) is 8.88. The van der Waals surface area contributed by atoms with Gasteiger partial charge in [-0.15, -0.1) is 6.42 Å². The molecule has 0 saturated heterocycles. The van der Waals surface area contributed by atoms with Crippen LogP contribution in [0.5, 0.6) is 0 Å². The van der Waals surface area contributed by atoms with E-state index in [4.69, 9.17) is 10.8 Å². The lowest BCUT2D eigenvalue weighted by atomic mass is 9.66. The summed E-state index contributed by atoms with van der Waals surface area (Å²) in [6.07, 6.45) is 13.7. The smallest absolute Gasteiger partial charge is 0.282 e. The van der Waals surface area contributed by atoms with Crippen molar-refractivity contribution in [3.8, 4) is 12.3 Å². The molecule has 1 aromatic carbocycles. The molecule has 0 N–H and O–H groups in total. The van der Waals surface area contributed by atoms with E-state index in [2.05, 4.69) is 64.9 Å². The summed E-state index contributed by atoms with van der Waals surface area (Å²) in [6.45, 7) is 17.9. The van der Waals surface area contributed by atoms with Gasteiger partial charge in [-0.3, -0.25) is 0 Å². The van der Waals surface area contributed by atoms with Crippen molar-refractivity contribution in [2.45, 2.75) is 115 Å². The van der Waals surface area contributed by atoms with Crippen LogP contribution in [-0.2, 0) is 14.4 Å². The fourth-order valence-electron chi connectivity index (χ4n) is 7.05. The quantitative estimate of drug-likeness (QED) is 0.233. The van der Waals surface area contributed by atoms with Gasteiger partial charge >= 0.3 is 0 Å². The van der Waals surface area contributed by atoms with Crippen molar-refractivity contribution in [2.75, 3.05) is 0 Å². The average Bonchev–Trinajstić information content (AvgIpc) is 3.07. The molecular weight excluding hydrogens is 494 g/mol. The van der Waals surface area contributed by atoms with Gasteiger partial charge in [0.1, 0.15) is 0 Å². The first-order valence-corrected chi connectivity index (χ1v) is 17.7. The molecule has 0 unspecified atom stereocenters. The van der Waals surface area contributed by atoms with Crippen LogP contribution >= 0.6 is 0 Å². The molecule has 0 aliphatic heterocycles. The monoisotopic (exact) mass is 541 g/mol. The molecule has 37 heavy (non-hydrogen) atoms. The number of rotatable bonds is 9. The lowest BCUT2D eigenvalue weighted by molar-refractivity contribution is 0.302. The van der Waals surface area contributed by atoms with Crippen LogP contribution in [-0.4, -0.2) is 22.4 Å². The van der Waals surface area contributed by atoms with Gasteiger partial charge in [0.25, 0.3) is 18.3 Å². The van der Waals surface area contributed by atoms with E-state index in [0.717, 1.165) is 37.0 Å². The second kappa shape index (κ2) is 11.5. The Morgan fingerprint density at radius 1 is 1.08 bits per heavy atom. The van der Waals surface area contributed by atoms with Crippen molar-refractivity contribution in [1.29, 1.82) is 0 Å². The minimum absolute atomic E-state index is 0.0186. The van der Waals surface area contributed by atoms with Gasteiger partial charge < -0.3 is 4.43 Å². The number of hydrogen-bond acceptors (Lipinski definition) is 3. The summed E-state index contributed by atoms with van der Waals surface area (Å²) in [7, 11) is -6.06. The molecule has 2 aliphatic rings. The highest BCUT2D eigenvalue weighted by Gasteiger charge is 2.51. The number of allylic oxidation sites excluding steroid dienone is 2. The van der Waals surface area contributed by atoms with E-state index in [9.17, 15) is 8.42 Å². The highest BCUT2D eigenvalue weighted by atomic mass is 32.2. The molecule has 3 rings (SSSR count). The van der Waals surface area contributed by atoms with Gasteiger partial charge in [-0.25, -0.2) is 0 Å². The third kappa shape index (κ3) is 5.64. The van der Waals surface area contributed by atoms with Crippen LogP contribution in [0.1, 0.15) is 92.6 Å².